The summed E-state index contributed by atoms with van der Waals surface area (Å²) in [5.41, 5.74) is -1.43. The third-order valence-electron chi connectivity index (χ3n) is 15.3. The van der Waals surface area contributed by atoms with Gasteiger partial charge in [0.2, 0.25) is 0 Å². The molecular formula is C56H96N2O12. The summed E-state index contributed by atoms with van der Waals surface area (Å²) < 4.78 is 34.3. The normalized spacial score (nSPS) is 20.5. The number of likely N-dealkylation sites (tertiary alicyclic amines) is 1. The topological polar surface area (TPSA) is 173 Å². The highest BCUT2D eigenvalue weighted by Gasteiger charge is 2.52. The third-order valence-corrected chi connectivity index (χ3v) is 15.3. The minimum absolute atomic E-state index is 0.0618. The Balaban J connectivity index is 1.28. The molecule has 1 amide bonds. The van der Waals surface area contributed by atoms with Crippen molar-refractivity contribution in [1.29, 1.82) is 0 Å². The molecule has 70 heavy (non-hydrogen) atoms. The van der Waals surface area contributed by atoms with Crippen LogP contribution in [-0.4, -0.2) is 107 Å². The van der Waals surface area contributed by atoms with E-state index >= 15 is 0 Å². The van der Waals surface area contributed by atoms with Gasteiger partial charge in [0.05, 0.1) is 19.6 Å². The number of alkyl carbamates (subject to hydrolysis) is 1. The van der Waals surface area contributed by atoms with Crippen LogP contribution in [-0.2, 0) is 52.4 Å². The molecule has 4 saturated carbocycles. The SMILES string of the molecule is CCCCCCCCCOC(=O)CCCCCC(=O)OCC(COC(=O)CCCCCC(=O)OCCCCCCCCC)(COC(=O)CC12CC3CC(CC(C3)C1)C2)COC(=O)NCCN1CCCC1. The second-order valence-corrected chi connectivity index (χ2v) is 21.9. The van der Waals surface area contributed by atoms with Crippen molar-refractivity contribution in [1.82, 2.24) is 10.2 Å². The first-order chi connectivity index (χ1) is 34.0. The molecule has 5 aliphatic rings. The molecule has 1 N–H and O–H groups in total. The molecule has 14 heteroatoms. The van der Waals surface area contributed by atoms with Crippen molar-refractivity contribution in [2.75, 3.05) is 65.8 Å². The lowest BCUT2D eigenvalue weighted by Crippen LogP contribution is -2.48. The van der Waals surface area contributed by atoms with Crippen LogP contribution in [0.4, 0.5) is 4.79 Å². The first-order valence-electron chi connectivity index (χ1n) is 28.4. The Hall–Kier alpha value is -3.42. The second-order valence-electron chi connectivity index (χ2n) is 21.9. The number of ether oxygens (including phenoxy) is 6. The van der Waals surface area contributed by atoms with E-state index in [1.54, 1.807) is 0 Å². The van der Waals surface area contributed by atoms with Gasteiger partial charge in [-0.1, -0.05) is 104 Å². The van der Waals surface area contributed by atoms with Crippen LogP contribution in [0.3, 0.4) is 0 Å². The van der Waals surface area contributed by atoms with E-state index in [2.05, 4.69) is 24.1 Å². The monoisotopic (exact) mass is 989 g/mol. The Bertz CT molecular complexity index is 1420. The molecule has 4 aliphatic carbocycles. The van der Waals surface area contributed by atoms with Gasteiger partial charge in [0.25, 0.3) is 0 Å². The molecule has 1 heterocycles. The van der Waals surface area contributed by atoms with Gasteiger partial charge in [-0.2, -0.15) is 0 Å². The predicted octanol–water partition coefficient (Wildman–Crippen LogP) is 11.5. The van der Waals surface area contributed by atoms with Crippen molar-refractivity contribution in [2.24, 2.45) is 28.6 Å². The molecule has 5 fully saturated rings. The molecular weight excluding hydrogens is 893 g/mol. The Labute approximate surface area is 422 Å². The van der Waals surface area contributed by atoms with Gasteiger partial charge < -0.3 is 38.6 Å². The molecule has 14 nitrogen and oxygen atoms in total. The van der Waals surface area contributed by atoms with Crippen LogP contribution in [0.1, 0.15) is 226 Å². The summed E-state index contributed by atoms with van der Waals surface area (Å²) in [6, 6.07) is 0. The lowest BCUT2D eigenvalue weighted by molar-refractivity contribution is -0.168. The molecule has 0 aromatic rings. The van der Waals surface area contributed by atoms with E-state index in [1.165, 1.54) is 70.6 Å². The number of hydrogen-bond donors (Lipinski definition) is 1. The van der Waals surface area contributed by atoms with Crippen molar-refractivity contribution in [3.63, 3.8) is 0 Å². The number of unbranched alkanes of at least 4 members (excludes halogenated alkanes) is 16. The average Bonchev–Trinajstić information content (AvgIpc) is 3.85. The van der Waals surface area contributed by atoms with Crippen LogP contribution in [0, 0.1) is 28.6 Å². The smallest absolute Gasteiger partial charge is 0.407 e. The maximum atomic E-state index is 13.8. The largest absolute Gasteiger partial charge is 0.466 e. The fourth-order valence-electron chi connectivity index (χ4n) is 11.6. The number of carbonyl (C=O) groups is 6. The molecule has 0 aromatic heterocycles. The molecule has 1 saturated heterocycles. The van der Waals surface area contributed by atoms with Gasteiger partial charge in [0, 0.05) is 38.8 Å². The summed E-state index contributed by atoms with van der Waals surface area (Å²) in [4.78, 5) is 80.3. The van der Waals surface area contributed by atoms with E-state index in [4.69, 9.17) is 28.4 Å². The van der Waals surface area contributed by atoms with E-state index in [9.17, 15) is 28.8 Å². The van der Waals surface area contributed by atoms with Gasteiger partial charge >= 0.3 is 35.9 Å². The zero-order valence-electron chi connectivity index (χ0n) is 44.0. The van der Waals surface area contributed by atoms with Crippen molar-refractivity contribution in [2.45, 2.75) is 226 Å². The highest BCUT2D eigenvalue weighted by atomic mass is 16.6. The highest BCUT2D eigenvalue weighted by molar-refractivity contribution is 5.72. The van der Waals surface area contributed by atoms with Crippen molar-refractivity contribution >= 4 is 35.9 Å². The molecule has 0 unspecified atom stereocenters. The lowest BCUT2D eigenvalue weighted by Gasteiger charge is -2.56. The molecule has 4 bridgehead atoms. The van der Waals surface area contributed by atoms with E-state index < -0.39 is 23.4 Å². The fourth-order valence-corrected chi connectivity index (χ4v) is 11.6. The van der Waals surface area contributed by atoms with Crippen LogP contribution in [0.2, 0.25) is 0 Å². The number of carbonyl (C=O) groups excluding carboxylic acids is 6. The number of nitrogens with one attached hydrogen (secondary N) is 1. The summed E-state index contributed by atoms with van der Waals surface area (Å²) >= 11 is 0. The van der Waals surface area contributed by atoms with Crippen LogP contribution >= 0.6 is 0 Å². The first kappa shape index (κ1) is 59.1. The summed E-state index contributed by atoms with van der Waals surface area (Å²) in [7, 11) is 0. The first-order valence-corrected chi connectivity index (χ1v) is 28.4. The number of amides is 1. The quantitative estimate of drug-likeness (QED) is 0.0349. The minimum atomic E-state index is -1.37. The van der Waals surface area contributed by atoms with Crippen LogP contribution < -0.4 is 5.32 Å². The van der Waals surface area contributed by atoms with E-state index in [0.29, 0.717) is 89.0 Å². The summed E-state index contributed by atoms with van der Waals surface area (Å²) in [5.74, 6) is 0.214. The molecule has 0 atom stereocenters. The fraction of sp³-hybridized carbons (Fsp3) is 0.893. The van der Waals surface area contributed by atoms with E-state index in [1.807, 2.05) is 0 Å². The number of rotatable bonds is 41. The van der Waals surface area contributed by atoms with E-state index in [-0.39, 0.29) is 75.4 Å². The molecule has 5 rings (SSSR count). The maximum Gasteiger partial charge on any atom is 0.407 e. The van der Waals surface area contributed by atoms with Crippen LogP contribution in [0.25, 0.3) is 0 Å². The van der Waals surface area contributed by atoms with Crippen LogP contribution in [0.5, 0.6) is 0 Å². The van der Waals surface area contributed by atoms with Crippen molar-refractivity contribution in [3.05, 3.63) is 0 Å². The van der Waals surface area contributed by atoms with Gasteiger partial charge in [-0.3, -0.25) is 24.0 Å². The van der Waals surface area contributed by atoms with E-state index in [0.717, 1.165) is 83.7 Å². The van der Waals surface area contributed by atoms with Crippen LogP contribution in [0.15, 0.2) is 0 Å². The molecule has 0 spiro atoms. The average molecular weight is 989 g/mol. The molecule has 0 radical (unpaired) electrons. The van der Waals surface area contributed by atoms with Gasteiger partial charge in [-0.15, -0.1) is 0 Å². The highest BCUT2D eigenvalue weighted by Crippen LogP contribution is 2.61. The summed E-state index contributed by atoms with van der Waals surface area (Å²) in [6.07, 6.45) is 29.1. The Morgan fingerprint density at radius 1 is 0.471 bits per heavy atom. The second kappa shape index (κ2) is 34.9. The minimum Gasteiger partial charge on any atom is -0.466 e. The number of hydrogen-bond acceptors (Lipinski definition) is 13. The molecule has 402 valence electrons. The Morgan fingerprint density at radius 3 is 1.29 bits per heavy atom. The standard InChI is InChI=1S/C56H96N2O12/c1-3-5-7-9-11-13-23-33-65-49(59)25-17-15-19-27-51(61)67-42-56(45-70-54(64)57-29-32-58-30-21-22-31-58,44-69-53(63)41-55-38-46-35-47(39-55)37-48(36-46)40-55)43-68-52(62)28-20-16-18-26-50(60)66-34-24-14-12-10-8-6-4-2/h46-48H,3-45H2,1-2H3,(H,57,64). The molecule has 1 aliphatic heterocycles. The van der Waals surface area contributed by atoms with Crippen molar-refractivity contribution in [3.8, 4) is 0 Å². The lowest BCUT2D eigenvalue weighted by atomic mass is 9.49. The van der Waals surface area contributed by atoms with Gasteiger partial charge in [0.15, 0.2) is 0 Å². The summed E-state index contributed by atoms with van der Waals surface area (Å²) in [6.45, 7) is 7.13. The van der Waals surface area contributed by atoms with Gasteiger partial charge in [0.1, 0.15) is 31.8 Å². The number of esters is 5. The summed E-state index contributed by atoms with van der Waals surface area (Å²) in [5, 5.41) is 2.82. The third kappa shape index (κ3) is 25.3. The predicted molar refractivity (Wildman–Crippen MR) is 270 cm³/mol. The Morgan fingerprint density at radius 2 is 0.843 bits per heavy atom. The zero-order valence-corrected chi connectivity index (χ0v) is 44.0. The molecule has 0 aromatic carbocycles. The van der Waals surface area contributed by atoms with Gasteiger partial charge in [-0.05, 0) is 126 Å². The maximum absolute atomic E-state index is 13.8. The Kier molecular flexibility index (Phi) is 29.5. The zero-order chi connectivity index (χ0) is 50.1. The van der Waals surface area contributed by atoms with Crippen molar-refractivity contribution < 1.29 is 57.2 Å². The number of nitrogens with zero attached hydrogens (tertiary/aromatic N) is 1. The van der Waals surface area contributed by atoms with Gasteiger partial charge in [-0.25, -0.2) is 4.79 Å².